The molecule has 1 aliphatic carbocycles. The van der Waals surface area contributed by atoms with Gasteiger partial charge in [-0.25, -0.2) is 0 Å². The molecular weight excluding hydrogens is 334 g/mol. The lowest BCUT2D eigenvalue weighted by Crippen LogP contribution is -2.33. The highest BCUT2D eigenvalue weighted by atomic mass is 16.5. The van der Waals surface area contributed by atoms with Gasteiger partial charge in [-0.15, -0.1) is 0 Å². The van der Waals surface area contributed by atoms with Crippen LogP contribution in [0.4, 0.5) is 0 Å². The number of hydrogen-bond donors (Lipinski definition) is 2. The van der Waals surface area contributed by atoms with Crippen LogP contribution < -0.4 is 0 Å². The number of aromatic nitrogens is 1. The van der Waals surface area contributed by atoms with Gasteiger partial charge in [0.1, 0.15) is 0 Å². The van der Waals surface area contributed by atoms with Crippen LogP contribution in [0.1, 0.15) is 63.5 Å². The van der Waals surface area contributed by atoms with Gasteiger partial charge in [0.15, 0.2) is 6.29 Å². The van der Waals surface area contributed by atoms with Gasteiger partial charge in [-0.2, -0.15) is 0 Å². The lowest BCUT2D eigenvalue weighted by atomic mass is 9.63. The molecule has 1 heterocycles. The molecule has 0 aliphatic heterocycles. The van der Waals surface area contributed by atoms with Gasteiger partial charge in [0, 0.05) is 22.7 Å². The number of aliphatic hydroxyl groups excluding tert-OH is 1. The number of benzene rings is 2. The number of nitrogens with zero attached hydrogens (tertiary/aromatic N) is 1. The molecule has 0 saturated carbocycles. The molecule has 27 heavy (non-hydrogen) atoms. The quantitative estimate of drug-likeness (QED) is 0.614. The molecular formula is C24H27NO2. The van der Waals surface area contributed by atoms with Crippen molar-refractivity contribution in [1.82, 2.24) is 4.98 Å². The summed E-state index contributed by atoms with van der Waals surface area (Å²) in [6, 6.07) is 14.0. The third-order valence-electron chi connectivity index (χ3n) is 6.20. The van der Waals surface area contributed by atoms with E-state index in [9.17, 15) is 10.2 Å². The van der Waals surface area contributed by atoms with Crippen LogP contribution in [0.5, 0.6) is 0 Å². The summed E-state index contributed by atoms with van der Waals surface area (Å²) in [6.07, 6.45) is 2.68. The molecule has 4 rings (SSSR count). The first-order valence-electron chi connectivity index (χ1n) is 9.59. The number of pyridine rings is 1. The molecule has 140 valence electrons. The summed E-state index contributed by atoms with van der Waals surface area (Å²) in [6.45, 7) is 9.28. The number of hydrogen-bond acceptors (Lipinski definition) is 3. The first-order valence-corrected chi connectivity index (χ1v) is 9.59. The van der Waals surface area contributed by atoms with Crippen molar-refractivity contribution in [3.63, 3.8) is 0 Å². The van der Waals surface area contributed by atoms with Crippen molar-refractivity contribution in [1.29, 1.82) is 0 Å². The molecule has 0 bridgehead atoms. The number of aliphatic hydroxyl groups is 2. The molecule has 0 radical (unpaired) electrons. The minimum Gasteiger partial charge on any atom is -0.364 e. The van der Waals surface area contributed by atoms with Crippen LogP contribution in [0.3, 0.4) is 0 Å². The predicted molar refractivity (Wildman–Crippen MR) is 110 cm³/mol. The van der Waals surface area contributed by atoms with Crippen LogP contribution in [-0.4, -0.2) is 15.2 Å². The van der Waals surface area contributed by atoms with Crippen molar-refractivity contribution in [2.24, 2.45) is 0 Å². The van der Waals surface area contributed by atoms with Crippen molar-refractivity contribution in [3.05, 3.63) is 65.4 Å². The van der Waals surface area contributed by atoms with Crippen molar-refractivity contribution in [3.8, 4) is 11.1 Å². The minimum absolute atomic E-state index is 0.147. The molecule has 2 aromatic carbocycles. The highest BCUT2D eigenvalue weighted by Gasteiger charge is 2.37. The molecule has 2 N–H and O–H groups in total. The van der Waals surface area contributed by atoms with Crippen LogP contribution in [0, 0.1) is 0 Å². The molecule has 1 aliphatic rings. The zero-order chi connectivity index (χ0) is 19.4. The molecule has 0 atom stereocenters. The normalized spacial score (nSPS) is 17.9. The fourth-order valence-corrected chi connectivity index (χ4v) is 4.32. The SMILES string of the molecule is CC1(C)CCC(C)(C)c2cc3ncc(-c4ccccc4C(O)O)cc3cc21. The molecule has 0 amide bonds. The second-order valence-electron chi connectivity index (χ2n) is 9.04. The van der Waals surface area contributed by atoms with Crippen LogP contribution in [0.15, 0.2) is 48.7 Å². The van der Waals surface area contributed by atoms with E-state index in [1.807, 2.05) is 24.4 Å². The first kappa shape index (κ1) is 18.1. The van der Waals surface area contributed by atoms with Gasteiger partial charge < -0.3 is 10.2 Å². The lowest BCUT2D eigenvalue weighted by molar-refractivity contribution is -0.0420. The number of fused-ring (bicyclic) bond motifs is 2. The Morgan fingerprint density at radius 2 is 1.52 bits per heavy atom. The van der Waals surface area contributed by atoms with Gasteiger partial charge in [0.05, 0.1) is 5.52 Å². The standard InChI is InChI=1S/C24H27NO2/c1-23(2)9-10-24(3,4)20-13-21-15(12-19(20)23)11-16(14-25-21)17-7-5-6-8-18(17)22(26)27/h5-8,11-14,22,26-27H,9-10H2,1-4H3. The highest BCUT2D eigenvalue weighted by Crippen LogP contribution is 2.47. The fraction of sp³-hybridized carbons (Fsp3) is 0.375. The topological polar surface area (TPSA) is 53.4 Å². The summed E-state index contributed by atoms with van der Waals surface area (Å²) in [5.74, 6) is 0. The van der Waals surface area contributed by atoms with Crippen LogP contribution in [0.25, 0.3) is 22.0 Å². The average Bonchev–Trinajstić information content (AvgIpc) is 2.64. The van der Waals surface area contributed by atoms with Gasteiger partial charge in [0.25, 0.3) is 0 Å². The Morgan fingerprint density at radius 1 is 0.889 bits per heavy atom. The lowest BCUT2D eigenvalue weighted by Gasteiger charge is -2.42. The summed E-state index contributed by atoms with van der Waals surface area (Å²) < 4.78 is 0. The van der Waals surface area contributed by atoms with E-state index in [2.05, 4.69) is 45.9 Å². The summed E-state index contributed by atoms with van der Waals surface area (Å²) in [7, 11) is 0. The molecule has 0 fully saturated rings. The second-order valence-corrected chi connectivity index (χ2v) is 9.04. The molecule has 3 heteroatoms. The molecule has 3 aromatic rings. The maximum atomic E-state index is 9.70. The molecule has 0 unspecified atom stereocenters. The van der Waals surface area contributed by atoms with Crippen LogP contribution >= 0.6 is 0 Å². The number of rotatable bonds is 2. The molecule has 0 saturated heterocycles. The minimum atomic E-state index is -1.50. The van der Waals surface area contributed by atoms with Gasteiger partial charge in [-0.1, -0.05) is 52.0 Å². The third-order valence-corrected chi connectivity index (χ3v) is 6.20. The van der Waals surface area contributed by atoms with E-state index < -0.39 is 6.29 Å². The van der Waals surface area contributed by atoms with E-state index >= 15 is 0 Å². The summed E-state index contributed by atoms with van der Waals surface area (Å²) in [5.41, 5.74) is 6.31. The summed E-state index contributed by atoms with van der Waals surface area (Å²) >= 11 is 0. The zero-order valence-electron chi connectivity index (χ0n) is 16.5. The average molecular weight is 361 g/mol. The Balaban J connectivity index is 1.92. The second kappa shape index (κ2) is 6.15. The van der Waals surface area contributed by atoms with E-state index in [1.54, 1.807) is 6.07 Å². The molecule has 3 nitrogen and oxygen atoms in total. The van der Waals surface area contributed by atoms with Gasteiger partial charge >= 0.3 is 0 Å². The third kappa shape index (κ3) is 3.05. The van der Waals surface area contributed by atoms with Crippen molar-refractivity contribution >= 4 is 10.9 Å². The Labute approximate surface area is 160 Å². The van der Waals surface area contributed by atoms with E-state index in [1.165, 1.54) is 24.0 Å². The molecule has 1 aromatic heterocycles. The Kier molecular flexibility index (Phi) is 4.13. The fourth-order valence-electron chi connectivity index (χ4n) is 4.32. The maximum absolute atomic E-state index is 9.70. The predicted octanol–water partition coefficient (Wildman–Crippen LogP) is 5.23. The Bertz CT molecular complexity index is 1020. The highest BCUT2D eigenvalue weighted by molar-refractivity contribution is 5.86. The van der Waals surface area contributed by atoms with Crippen molar-refractivity contribution < 1.29 is 10.2 Å². The Hall–Kier alpha value is -2.23. The zero-order valence-corrected chi connectivity index (χ0v) is 16.5. The first-order chi connectivity index (χ1) is 12.7. The van der Waals surface area contributed by atoms with Crippen LogP contribution in [-0.2, 0) is 10.8 Å². The van der Waals surface area contributed by atoms with E-state index in [4.69, 9.17) is 4.98 Å². The Morgan fingerprint density at radius 3 is 2.19 bits per heavy atom. The largest absolute Gasteiger partial charge is 0.364 e. The van der Waals surface area contributed by atoms with E-state index in [-0.39, 0.29) is 10.8 Å². The monoisotopic (exact) mass is 361 g/mol. The van der Waals surface area contributed by atoms with Crippen molar-refractivity contribution in [2.45, 2.75) is 57.7 Å². The van der Waals surface area contributed by atoms with E-state index in [0.29, 0.717) is 5.56 Å². The smallest absolute Gasteiger partial charge is 0.179 e. The summed E-state index contributed by atoms with van der Waals surface area (Å²) in [4.78, 5) is 4.72. The van der Waals surface area contributed by atoms with Gasteiger partial charge in [0.2, 0.25) is 0 Å². The van der Waals surface area contributed by atoms with Crippen molar-refractivity contribution in [2.75, 3.05) is 0 Å². The van der Waals surface area contributed by atoms with Gasteiger partial charge in [-0.05, 0) is 58.6 Å². The van der Waals surface area contributed by atoms with Crippen LogP contribution in [0.2, 0.25) is 0 Å². The van der Waals surface area contributed by atoms with E-state index in [0.717, 1.165) is 22.0 Å². The molecule has 0 spiro atoms. The summed E-state index contributed by atoms with van der Waals surface area (Å²) in [5, 5.41) is 20.5. The maximum Gasteiger partial charge on any atom is 0.179 e. The van der Waals surface area contributed by atoms with Gasteiger partial charge in [-0.3, -0.25) is 4.98 Å².